The molecule has 0 bridgehead atoms. The molecule has 0 aliphatic carbocycles. The van der Waals surface area contributed by atoms with Crippen LogP contribution in [0.5, 0.6) is 0 Å². The molecule has 3 rings (SSSR count). The lowest BCUT2D eigenvalue weighted by atomic mass is 10.1. The van der Waals surface area contributed by atoms with Gasteiger partial charge < -0.3 is 15.3 Å². The van der Waals surface area contributed by atoms with E-state index >= 15 is 0 Å². The molecule has 0 spiro atoms. The molecule has 2 heterocycles. The normalized spacial score (nSPS) is 17.8. The van der Waals surface area contributed by atoms with E-state index in [1.807, 2.05) is 30.3 Å². The number of benzene rings is 1. The molecule has 120 valence electrons. The van der Waals surface area contributed by atoms with Crippen molar-refractivity contribution in [2.24, 2.45) is 0 Å². The lowest BCUT2D eigenvalue weighted by Crippen LogP contribution is -2.38. The van der Waals surface area contributed by atoms with Crippen LogP contribution >= 0.6 is 0 Å². The van der Waals surface area contributed by atoms with E-state index in [1.165, 1.54) is 6.92 Å². The average molecular weight is 312 g/mol. The number of anilines is 2. The van der Waals surface area contributed by atoms with Gasteiger partial charge in [-0.3, -0.25) is 4.79 Å². The SMILES string of the molecule is CC(=O)Nc1cccc(-c2nccc(N3CCC[C@@H](O)C3)n2)c1. The maximum absolute atomic E-state index is 11.2. The van der Waals surface area contributed by atoms with Crippen molar-refractivity contribution in [1.29, 1.82) is 0 Å². The maximum Gasteiger partial charge on any atom is 0.221 e. The summed E-state index contributed by atoms with van der Waals surface area (Å²) in [6.45, 7) is 2.97. The molecule has 2 N–H and O–H groups in total. The van der Waals surface area contributed by atoms with E-state index in [1.54, 1.807) is 6.20 Å². The number of aliphatic hydroxyl groups is 1. The lowest BCUT2D eigenvalue weighted by Gasteiger charge is -2.31. The van der Waals surface area contributed by atoms with Crippen molar-refractivity contribution >= 4 is 17.4 Å². The first-order valence-corrected chi connectivity index (χ1v) is 7.76. The van der Waals surface area contributed by atoms with Gasteiger partial charge >= 0.3 is 0 Å². The fourth-order valence-corrected chi connectivity index (χ4v) is 2.77. The Morgan fingerprint density at radius 3 is 3.04 bits per heavy atom. The Morgan fingerprint density at radius 1 is 1.39 bits per heavy atom. The zero-order chi connectivity index (χ0) is 16.2. The summed E-state index contributed by atoms with van der Waals surface area (Å²) in [4.78, 5) is 22.2. The van der Waals surface area contributed by atoms with Gasteiger partial charge in [-0.2, -0.15) is 0 Å². The molecule has 1 aromatic heterocycles. The van der Waals surface area contributed by atoms with Crippen LogP contribution in [0.2, 0.25) is 0 Å². The quantitative estimate of drug-likeness (QED) is 0.907. The van der Waals surface area contributed by atoms with Crippen LogP contribution in [0.4, 0.5) is 11.5 Å². The Labute approximate surface area is 135 Å². The van der Waals surface area contributed by atoms with Crippen molar-refractivity contribution < 1.29 is 9.90 Å². The minimum Gasteiger partial charge on any atom is -0.391 e. The second-order valence-corrected chi connectivity index (χ2v) is 5.74. The van der Waals surface area contributed by atoms with Gasteiger partial charge in [-0.25, -0.2) is 9.97 Å². The zero-order valence-electron chi connectivity index (χ0n) is 13.1. The second-order valence-electron chi connectivity index (χ2n) is 5.74. The van der Waals surface area contributed by atoms with Gasteiger partial charge in [0.15, 0.2) is 5.82 Å². The maximum atomic E-state index is 11.2. The molecular weight excluding hydrogens is 292 g/mol. The molecule has 1 saturated heterocycles. The molecule has 1 aliphatic heterocycles. The van der Waals surface area contributed by atoms with Crippen molar-refractivity contribution in [2.45, 2.75) is 25.9 Å². The minimum absolute atomic E-state index is 0.112. The highest BCUT2D eigenvalue weighted by Gasteiger charge is 2.19. The third kappa shape index (κ3) is 3.84. The molecule has 1 atom stereocenters. The molecular formula is C17H20N4O2. The first-order chi connectivity index (χ1) is 11.1. The molecule has 2 aromatic rings. The Morgan fingerprint density at radius 2 is 2.26 bits per heavy atom. The molecule has 0 radical (unpaired) electrons. The molecule has 1 fully saturated rings. The van der Waals surface area contributed by atoms with Crippen molar-refractivity contribution in [1.82, 2.24) is 9.97 Å². The number of β-amino-alcohol motifs (C(OH)–C–C–N with tert-alkyl or cyclic N) is 1. The standard InChI is InChI=1S/C17H20N4O2/c1-12(22)19-14-5-2-4-13(10-14)17-18-8-7-16(20-17)21-9-3-6-15(23)11-21/h2,4-5,7-8,10,15,23H,3,6,9,11H2,1H3,(H,19,22)/t15-/m1/s1. The smallest absolute Gasteiger partial charge is 0.221 e. The van der Waals surface area contributed by atoms with Gasteiger partial charge in [0, 0.05) is 37.5 Å². The van der Waals surface area contributed by atoms with Gasteiger partial charge in [0.05, 0.1) is 6.10 Å². The van der Waals surface area contributed by atoms with Crippen LogP contribution in [0.25, 0.3) is 11.4 Å². The largest absolute Gasteiger partial charge is 0.391 e. The molecule has 0 saturated carbocycles. The van der Waals surface area contributed by atoms with Gasteiger partial charge in [-0.15, -0.1) is 0 Å². The van der Waals surface area contributed by atoms with E-state index in [0.29, 0.717) is 12.4 Å². The Balaban J connectivity index is 1.86. The van der Waals surface area contributed by atoms with Crippen LogP contribution in [0.3, 0.4) is 0 Å². The highest BCUT2D eigenvalue weighted by molar-refractivity contribution is 5.89. The van der Waals surface area contributed by atoms with E-state index in [-0.39, 0.29) is 12.0 Å². The van der Waals surface area contributed by atoms with Crippen LogP contribution in [0.1, 0.15) is 19.8 Å². The summed E-state index contributed by atoms with van der Waals surface area (Å²) >= 11 is 0. The second kappa shape index (κ2) is 6.75. The zero-order valence-corrected chi connectivity index (χ0v) is 13.1. The van der Waals surface area contributed by atoms with Crippen molar-refractivity contribution in [3.05, 3.63) is 36.5 Å². The molecule has 0 unspecified atom stereocenters. The fourth-order valence-electron chi connectivity index (χ4n) is 2.77. The number of hydrogen-bond donors (Lipinski definition) is 2. The number of aliphatic hydroxyl groups excluding tert-OH is 1. The highest BCUT2D eigenvalue weighted by Crippen LogP contribution is 2.23. The Hall–Kier alpha value is -2.47. The van der Waals surface area contributed by atoms with Crippen LogP contribution < -0.4 is 10.2 Å². The van der Waals surface area contributed by atoms with Crippen LogP contribution in [-0.4, -0.2) is 40.2 Å². The van der Waals surface area contributed by atoms with Crippen LogP contribution in [0.15, 0.2) is 36.5 Å². The number of rotatable bonds is 3. The monoisotopic (exact) mass is 312 g/mol. The summed E-state index contributed by atoms with van der Waals surface area (Å²) in [6.07, 6.45) is 3.22. The van der Waals surface area contributed by atoms with Crippen molar-refractivity contribution in [3.8, 4) is 11.4 Å². The molecule has 1 aromatic carbocycles. The van der Waals surface area contributed by atoms with Crippen LogP contribution in [0, 0.1) is 0 Å². The van der Waals surface area contributed by atoms with E-state index in [4.69, 9.17) is 0 Å². The Kier molecular flexibility index (Phi) is 4.52. The van der Waals surface area contributed by atoms with Gasteiger partial charge in [0.25, 0.3) is 0 Å². The third-order valence-electron chi connectivity index (χ3n) is 3.80. The van der Waals surface area contributed by atoms with Crippen molar-refractivity contribution in [3.63, 3.8) is 0 Å². The molecule has 1 amide bonds. The van der Waals surface area contributed by atoms with Crippen LogP contribution in [-0.2, 0) is 4.79 Å². The minimum atomic E-state index is -0.301. The molecule has 23 heavy (non-hydrogen) atoms. The first kappa shape index (κ1) is 15.4. The topological polar surface area (TPSA) is 78.4 Å². The molecule has 1 aliphatic rings. The number of carbonyl (C=O) groups excluding carboxylic acids is 1. The molecule has 6 heteroatoms. The average Bonchev–Trinajstić information content (AvgIpc) is 2.55. The Bertz CT molecular complexity index is 704. The number of carbonyl (C=O) groups is 1. The lowest BCUT2D eigenvalue weighted by molar-refractivity contribution is -0.114. The summed E-state index contributed by atoms with van der Waals surface area (Å²) in [7, 11) is 0. The van der Waals surface area contributed by atoms with Gasteiger partial charge in [0.2, 0.25) is 5.91 Å². The van der Waals surface area contributed by atoms with Gasteiger partial charge in [-0.05, 0) is 31.0 Å². The van der Waals surface area contributed by atoms with E-state index in [2.05, 4.69) is 20.2 Å². The summed E-state index contributed by atoms with van der Waals surface area (Å²) in [5.41, 5.74) is 1.56. The van der Waals surface area contributed by atoms with E-state index in [9.17, 15) is 9.90 Å². The highest BCUT2D eigenvalue weighted by atomic mass is 16.3. The number of amides is 1. The summed E-state index contributed by atoms with van der Waals surface area (Å²) < 4.78 is 0. The predicted molar refractivity (Wildman–Crippen MR) is 89.2 cm³/mol. The number of nitrogens with one attached hydrogen (secondary N) is 1. The fraction of sp³-hybridized carbons (Fsp3) is 0.353. The van der Waals surface area contributed by atoms with Gasteiger partial charge in [-0.1, -0.05) is 12.1 Å². The number of hydrogen-bond acceptors (Lipinski definition) is 5. The van der Waals surface area contributed by atoms with E-state index in [0.717, 1.165) is 36.5 Å². The predicted octanol–water partition coefficient (Wildman–Crippen LogP) is 2.06. The summed E-state index contributed by atoms with van der Waals surface area (Å²) in [6, 6.07) is 9.32. The summed E-state index contributed by atoms with van der Waals surface area (Å²) in [5, 5.41) is 12.6. The first-order valence-electron chi connectivity index (χ1n) is 7.76. The summed E-state index contributed by atoms with van der Waals surface area (Å²) in [5.74, 6) is 1.31. The van der Waals surface area contributed by atoms with E-state index < -0.39 is 0 Å². The number of nitrogens with zero attached hydrogens (tertiary/aromatic N) is 3. The van der Waals surface area contributed by atoms with Crippen molar-refractivity contribution in [2.75, 3.05) is 23.3 Å². The third-order valence-corrected chi connectivity index (χ3v) is 3.80. The van der Waals surface area contributed by atoms with Gasteiger partial charge in [0.1, 0.15) is 5.82 Å². The number of aromatic nitrogens is 2. The number of piperidine rings is 1. The molecule has 6 nitrogen and oxygen atoms in total.